The van der Waals surface area contributed by atoms with Crippen molar-refractivity contribution >= 4 is 5.91 Å². The largest absolute Gasteiger partial charge is 0.352 e. The minimum atomic E-state index is -0.181. The predicted octanol–water partition coefficient (Wildman–Crippen LogP) is 0.257. The molecule has 0 aromatic carbocycles. The number of aryl methyl sites for hydroxylation is 1. The van der Waals surface area contributed by atoms with Gasteiger partial charge in [0, 0.05) is 37.5 Å². The van der Waals surface area contributed by atoms with Crippen LogP contribution in [0.4, 0.5) is 0 Å². The molecule has 1 aromatic rings. The van der Waals surface area contributed by atoms with Crippen LogP contribution >= 0.6 is 0 Å². The van der Waals surface area contributed by atoms with Gasteiger partial charge in [-0.25, -0.2) is 0 Å². The molecule has 0 spiro atoms. The normalized spacial score (nSPS) is 14.5. The smallest absolute Gasteiger partial charge is 0.251 e. The highest BCUT2D eigenvalue weighted by molar-refractivity contribution is 5.93. The average Bonchev–Trinajstić information content (AvgIpc) is 3.16. The monoisotopic (exact) mass is 249 g/mol. The molecule has 1 heterocycles. The van der Waals surface area contributed by atoms with E-state index in [0.29, 0.717) is 18.2 Å². The quantitative estimate of drug-likeness (QED) is 0.711. The summed E-state index contributed by atoms with van der Waals surface area (Å²) in [7, 11) is 1.66. The Labute approximate surface area is 106 Å². The molecular formula is C13H19N3O2. The average molecular weight is 249 g/mol. The Bertz CT molecular complexity index is 477. The van der Waals surface area contributed by atoms with Crippen molar-refractivity contribution in [3.05, 3.63) is 34.2 Å². The third kappa shape index (κ3) is 3.70. The van der Waals surface area contributed by atoms with Crippen molar-refractivity contribution in [3.8, 4) is 0 Å². The standard InChI is InChI=1S/C13H19N3O2/c1-16-8-5-10(9-12(16)17)13(18)15-7-2-6-14-11-3-4-11/h5,8-9,11,14H,2-4,6-7H2,1H3,(H,15,18). The number of amides is 1. The summed E-state index contributed by atoms with van der Waals surface area (Å²) in [5.41, 5.74) is 0.256. The molecule has 1 fully saturated rings. The zero-order valence-corrected chi connectivity index (χ0v) is 10.6. The summed E-state index contributed by atoms with van der Waals surface area (Å²) in [6, 6.07) is 3.72. The summed E-state index contributed by atoms with van der Waals surface area (Å²) in [6.07, 6.45) is 5.07. The molecule has 2 N–H and O–H groups in total. The summed E-state index contributed by atoms with van der Waals surface area (Å²) in [6.45, 7) is 1.56. The van der Waals surface area contributed by atoms with E-state index >= 15 is 0 Å². The van der Waals surface area contributed by atoms with Crippen LogP contribution in [0.3, 0.4) is 0 Å². The predicted molar refractivity (Wildman–Crippen MR) is 69.7 cm³/mol. The number of rotatable bonds is 6. The molecule has 0 radical (unpaired) electrons. The lowest BCUT2D eigenvalue weighted by Gasteiger charge is -2.06. The van der Waals surface area contributed by atoms with Gasteiger partial charge in [0.2, 0.25) is 0 Å². The van der Waals surface area contributed by atoms with E-state index < -0.39 is 0 Å². The molecular weight excluding hydrogens is 230 g/mol. The second-order valence-electron chi connectivity index (χ2n) is 4.70. The first-order valence-electron chi connectivity index (χ1n) is 6.35. The fraction of sp³-hybridized carbons (Fsp3) is 0.538. The number of nitrogens with one attached hydrogen (secondary N) is 2. The number of aromatic nitrogens is 1. The van der Waals surface area contributed by atoms with Crippen LogP contribution in [-0.4, -0.2) is 29.6 Å². The van der Waals surface area contributed by atoms with Crippen LogP contribution < -0.4 is 16.2 Å². The minimum absolute atomic E-state index is 0.168. The molecule has 98 valence electrons. The summed E-state index contributed by atoms with van der Waals surface area (Å²) < 4.78 is 1.44. The zero-order chi connectivity index (χ0) is 13.0. The Morgan fingerprint density at radius 3 is 2.89 bits per heavy atom. The van der Waals surface area contributed by atoms with Crippen molar-refractivity contribution in [1.29, 1.82) is 0 Å². The fourth-order valence-corrected chi connectivity index (χ4v) is 1.68. The van der Waals surface area contributed by atoms with Crippen LogP contribution in [0.1, 0.15) is 29.6 Å². The number of nitrogens with zero attached hydrogens (tertiary/aromatic N) is 1. The molecule has 5 nitrogen and oxygen atoms in total. The Balaban J connectivity index is 1.72. The van der Waals surface area contributed by atoms with Crippen molar-refractivity contribution in [3.63, 3.8) is 0 Å². The third-order valence-corrected chi connectivity index (χ3v) is 3.02. The van der Waals surface area contributed by atoms with Gasteiger partial charge in [-0.2, -0.15) is 0 Å². The number of hydrogen-bond donors (Lipinski definition) is 2. The van der Waals surface area contributed by atoms with Crippen LogP contribution in [0.5, 0.6) is 0 Å². The number of hydrogen-bond acceptors (Lipinski definition) is 3. The lowest BCUT2D eigenvalue weighted by atomic mass is 10.2. The highest BCUT2D eigenvalue weighted by atomic mass is 16.2. The van der Waals surface area contributed by atoms with Crippen LogP contribution in [-0.2, 0) is 7.05 Å². The molecule has 0 atom stereocenters. The van der Waals surface area contributed by atoms with E-state index in [0.717, 1.165) is 13.0 Å². The molecule has 1 aliphatic rings. The van der Waals surface area contributed by atoms with Crippen molar-refractivity contribution < 1.29 is 4.79 Å². The van der Waals surface area contributed by atoms with Crippen molar-refractivity contribution in [2.75, 3.05) is 13.1 Å². The molecule has 5 heteroatoms. The second-order valence-corrected chi connectivity index (χ2v) is 4.70. The van der Waals surface area contributed by atoms with E-state index in [1.54, 1.807) is 19.3 Å². The summed E-state index contributed by atoms with van der Waals surface area (Å²) in [5, 5.41) is 6.19. The lowest BCUT2D eigenvalue weighted by molar-refractivity contribution is 0.0953. The van der Waals surface area contributed by atoms with Crippen molar-refractivity contribution in [2.45, 2.75) is 25.3 Å². The lowest BCUT2D eigenvalue weighted by Crippen LogP contribution is -2.29. The molecule has 18 heavy (non-hydrogen) atoms. The van der Waals surface area contributed by atoms with E-state index in [9.17, 15) is 9.59 Å². The van der Waals surface area contributed by atoms with Crippen LogP contribution in [0, 0.1) is 0 Å². The Morgan fingerprint density at radius 1 is 1.44 bits per heavy atom. The maximum Gasteiger partial charge on any atom is 0.251 e. The number of carbonyl (C=O) groups excluding carboxylic acids is 1. The van der Waals surface area contributed by atoms with E-state index in [1.165, 1.54) is 23.5 Å². The SMILES string of the molecule is Cn1ccc(C(=O)NCCCNC2CC2)cc1=O. The van der Waals surface area contributed by atoms with Gasteiger partial charge in [-0.3, -0.25) is 9.59 Å². The summed E-state index contributed by atoms with van der Waals surface area (Å²) in [5.74, 6) is -0.181. The van der Waals surface area contributed by atoms with Crippen molar-refractivity contribution in [2.24, 2.45) is 7.05 Å². The molecule has 0 unspecified atom stereocenters. The van der Waals surface area contributed by atoms with Gasteiger partial charge in [-0.15, -0.1) is 0 Å². The Morgan fingerprint density at radius 2 is 2.22 bits per heavy atom. The highest BCUT2D eigenvalue weighted by Gasteiger charge is 2.19. The van der Waals surface area contributed by atoms with Gasteiger partial charge in [0.05, 0.1) is 0 Å². The Kier molecular flexibility index (Phi) is 4.15. The number of pyridine rings is 1. The molecule has 1 amide bonds. The first-order valence-corrected chi connectivity index (χ1v) is 6.35. The minimum Gasteiger partial charge on any atom is -0.352 e. The first-order chi connectivity index (χ1) is 8.66. The van der Waals surface area contributed by atoms with Gasteiger partial charge >= 0.3 is 0 Å². The van der Waals surface area contributed by atoms with Gasteiger partial charge in [-0.05, 0) is 31.9 Å². The molecule has 1 aromatic heterocycles. The van der Waals surface area contributed by atoms with Crippen LogP contribution in [0.15, 0.2) is 23.1 Å². The van der Waals surface area contributed by atoms with Crippen LogP contribution in [0.25, 0.3) is 0 Å². The first kappa shape index (κ1) is 12.8. The molecule has 1 saturated carbocycles. The molecule has 0 aliphatic heterocycles. The molecule has 1 aliphatic carbocycles. The zero-order valence-electron chi connectivity index (χ0n) is 10.6. The van der Waals surface area contributed by atoms with Crippen LogP contribution in [0.2, 0.25) is 0 Å². The summed E-state index contributed by atoms with van der Waals surface area (Å²) >= 11 is 0. The van der Waals surface area contributed by atoms with E-state index in [-0.39, 0.29) is 11.5 Å². The van der Waals surface area contributed by atoms with Gasteiger partial charge in [0.15, 0.2) is 0 Å². The van der Waals surface area contributed by atoms with E-state index in [2.05, 4.69) is 10.6 Å². The van der Waals surface area contributed by atoms with E-state index in [4.69, 9.17) is 0 Å². The maximum absolute atomic E-state index is 11.7. The number of carbonyl (C=O) groups is 1. The maximum atomic E-state index is 11.7. The second kappa shape index (κ2) is 5.82. The van der Waals surface area contributed by atoms with Crippen molar-refractivity contribution in [1.82, 2.24) is 15.2 Å². The van der Waals surface area contributed by atoms with Gasteiger partial charge < -0.3 is 15.2 Å². The van der Waals surface area contributed by atoms with Gasteiger partial charge in [-0.1, -0.05) is 0 Å². The molecule has 0 bridgehead atoms. The van der Waals surface area contributed by atoms with E-state index in [1.807, 2.05) is 0 Å². The summed E-state index contributed by atoms with van der Waals surface area (Å²) in [4.78, 5) is 23.1. The Hall–Kier alpha value is -1.62. The molecule has 2 rings (SSSR count). The van der Waals surface area contributed by atoms with Gasteiger partial charge in [0.1, 0.15) is 0 Å². The van der Waals surface area contributed by atoms with Gasteiger partial charge in [0.25, 0.3) is 11.5 Å². The third-order valence-electron chi connectivity index (χ3n) is 3.02. The molecule has 0 saturated heterocycles. The topological polar surface area (TPSA) is 63.1 Å². The fourth-order valence-electron chi connectivity index (χ4n) is 1.68. The highest BCUT2D eigenvalue weighted by Crippen LogP contribution is 2.18.